The Hall–Kier alpha value is -1.03. The van der Waals surface area contributed by atoms with E-state index in [9.17, 15) is 5.11 Å². The van der Waals surface area contributed by atoms with Crippen molar-refractivity contribution in [2.45, 2.75) is 25.9 Å². The molecule has 1 unspecified atom stereocenters. The number of aromatic nitrogens is 2. The zero-order valence-corrected chi connectivity index (χ0v) is 12.4. The molecule has 0 aliphatic carbocycles. The molecule has 5 heteroatoms. The van der Waals surface area contributed by atoms with Gasteiger partial charge in [-0.25, -0.2) is 0 Å². The van der Waals surface area contributed by atoms with Crippen molar-refractivity contribution >= 4 is 23.2 Å². The molecule has 0 saturated heterocycles. The quantitative estimate of drug-likeness (QED) is 0.937. The van der Waals surface area contributed by atoms with Crippen molar-refractivity contribution < 1.29 is 5.11 Å². The van der Waals surface area contributed by atoms with E-state index in [1.54, 1.807) is 22.9 Å². The average molecular weight is 299 g/mol. The summed E-state index contributed by atoms with van der Waals surface area (Å²) in [6, 6.07) is 7.25. The predicted octanol–water partition coefficient (Wildman–Crippen LogP) is 3.57. The second-order valence-electron chi connectivity index (χ2n) is 4.46. The van der Waals surface area contributed by atoms with E-state index in [4.69, 9.17) is 23.2 Å². The number of aliphatic hydroxyl groups is 1. The highest BCUT2D eigenvalue weighted by atomic mass is 35.5. The summed E-state index contributed by atoms with van der Waals surface area (Å²) in [5.74, 6) is 0. The van der Waals surface area contributed by atoms with Crippen LogP contribution in [0.3, 0.4) is 0 Å². The lowest BCUT2D eigenvalue weighted by molar-refractivity contribution is 0.168. The fraction of sp³-hybridized carbons (Fsp3) is 0.357. The van der Waals surface area contributed by atoms with Crippen LogP contribution in [0.2, 0.25) is 10.0 Å². The first kappa shape index (κ1) is 14.4. The number of nitrogens with zero attached hydrogens (tertiary/aromatic N) is 2. The summed E-state index contributed by atoms with van der Waals surface area (Å²) in [7, 11) is 1.83. The van der Waals surface area contributed by atoms with Gasteiger partial charge in [-0.3, -0.25) is 4.68 Å². The Morgan fingerprint density at radius 2 is 1.95 bits per heavy atom. The van der Waals surface area contributed by atoms with Crippen molar-refractivity contribution in [1.29, 1.82) is 0 Å². The van der Waals surface area contributed by atoms with Gasteiger partial charge in [0, 0.05) is 23.5 Å². The number of rotatable bonds is 4. The number of hydrogen-bond donors (Lipinski definition) is 1. The molecule has 0 saturated carbocycles. The third kappa shape index (κ3) is 3.11. The van der Waals surface area contributed by atoms with Gasteiger partial charge in [-0.05, 0) is 30.2 Å². The van der Waals surface area contributed by atoms with Crippen molar-refractivity contribution in [3.8, 4) is 0 Å². The first-order chi connectivity index (χ1) is 9.02. The maximum absolute atomic E-state index is 10.3. The van der Waals surface area contributed by atoms with Gasteiger partial charge in [0.15, 0.2) is 0 Å². The number of aryl methyl sites for hydroxylation is 2. The molecule has 2 aromatic rings. The molecule has 1 heterocycles. The molecule has 2 rings (SSSR count). The standard InChI is InChI=1S/C14H16Cl2N2O/c1-3-9-7-13(18(2)17-9)14(19)8-10-11(15)5-4-6-12(10)16/h4-7,14,19H,3,8H2,1-2H3. The van der Waals surface area contributed by atoms with E-state index in [1.165, 1.54) is 0 Å². The van der Waals surface area contributed by atoms with E-state index >= 15 is 0 Å². The lowest BCUT2D eigenvalue weighted by atomic mass is 10.0. The van der Waals surface area contributed by atoms with Gasteiger partial charge in [-0.2, -0.15) is 5.10 Å². The van der Waals surface area contributed by atoms with E-state index in [0.29, 0.717) is 16.5 Å². The fourth-order valence-corrected chi connectivity index (χ4v) is 2.61. The molecule has 0 radical (unpaired) electrons. The molecular formula is C14H16Cl2N2O. The Bertz CT molecular complexity index is 561. The van der Waals surface area contributed by atoms with Gasteiger partial charge in [0.1, 0.15) is 0 Å². The van der Waals surface area contributed by atoms with Crippen LogP contribution in [0.1, 0.15) is 30.0 Å². The van der Waals surface area contributed by atoms with Crippen molar-refractivity contribution in [1.82, 2.24) is 9.78 Å². The highest BCUT2D eigenvalue weighted by molar-refractivity contribution is 6.35. The molecule has 1 N–H and O–H groups in total. The zero-order chi connectivity index (χ0) is 14.0. The average Bonchev–Trinajstić information content (AvgIpc) is 2.75. The summed E-state index contributed by atoms with van der Waals surface area (Å²) in [5, 5.41) is 15.8. The van der Waals surface area contributed by atoms with Crippen molar-refractivity contribution in [2.24, 2.45) is 7.05 Å². The molecule has 0 aliphatic heterocycles. The number of benzene rings is 1. The van der Waals surface area contributed by atoms with Crippen LogP contribution >= 0.6 is 23.2 Å². The Kier molecular flexibility index (Phi) is 4.50. The number of aliphatic hydroxyl groups excluding tert-OH is 1. The van der Waals surface area contributed by atoms with E-state index in [0.717, 1.165) is 23.4 Å². The minimum atomic E-state index is -0.671. The van der Waals surface area contributed by atoms with Crippen molar-refractivity contribution in [3.63, 3.8) is 0 Å². The molecule has 0 spiro atoms. The van der Waals surface area contributed by atoms with Crippen LogP contribution < -0.4 is 0 Å². The summed E-state index contributed by atoms with van der Waals surface area (Å²) < 4.78 is 1.70. The van der Waals surface area contributed by atoms with Crippen LogP contribution in [0.5, 0.6) is 0 Å². The number of halogens is 2. The monoisotopic (exact) mass is 298 g/mol. The van der Waals surface area contributed by atoms with Gasteiger partial charge in [-0.1, -0.05) is 36.2 Å². The highest BCUT2D eigenvalue weighted by Crippen LogP contribution is 2.29. The number of hydrogen-bond acceptors (Lipinski definition) is 2. The zero-order valence-electron chi connectivity index (χ0n) is 10.9. The minimum absolute atomic E-state index is 0.376. The van der Waals surface area contributed by atoms with Gasteiger partial charge in [0.25, 0.3) is 0 Å². The summed E-state index contributed by atoms with van der Waals surface area (Å²) in [4.78, 5) is 0. The maximum atomic E-state index is 10.3. The molecule has 1 atom stereocenters. The Morgan fingerprint density at radius 3 is 2.47 bits per heavy atom. The van der Waals surface area contributed by atoms with E-state index in [1.807, 2.05) is 20.0 Å². The smallest absolute Gasteiger partial charge is 0.0997 e. The predicted molar refractivity (Wildman–Crippen MR) is 77.7 cm³/mol. The largest absolute Gasteiger partial charge is 0.386 e. The van der Waals surface area contributed by atoms with Gasteiger partial charge >= 0.3 is 0 Å². The fourth-order valence-electron chi connectivity index (χ4n) is 2.05. The SMILES string of the molecule is CCc1cc(C(O)Cc2c(Cl)cccc2Cl)n(C)n1. The first-order valence-electron chi connectivity index (χ1n) is 6.16. The van der Waals surface area contributed by atoms with E-state index < -0.39 is 6.10 Å². The second-order valence-corrected chi connectivity index (χ2v) is 5.27. The molecule has 1 aromatic carbocycles. The Labute approximate surface area is 122 Å². The van der Waals surface area contributed by atoms with Crippen LogP contribution in [0.4, 0.5) is 0 Å². The van der Waals surface area contributed by atoms with Crippen LogP contribution in [0, 0.1) is 0 Å². The molecule has 19 heavy (non-hydrogen) atoms. The third-order valence-corrected chi connectivity index (χ3v) is 3.84. The Morgan fingerprint density at radius 1 is 1.32 bits per heavy atom. The molecule has 1 aromatic heterocycles. The van der Waals surface area contributed by atoms with Gasteiger partial charge in [-0.15, -0.1) is 0 Å². The lowest BCUT2D eigenvalue weighted by Gasteiger charge is -2.13. The summed E-state index contributed by atoms with van der Waals surface area (Å²) in [5.41, 5.74) is 2.49. The Balaban J connectivity index is 2.25. The molecule has 0 bridgehead atoms. The second kappa shape index (κ2) is 5.95. The minimum Gasteiger partial charge on any atom is -0.386 e. The van der Waals surface area contributed by atoms with E-state index in [2.05, 4.69) is 5.10 Å². The molecule has 3 nitrogen and oxygen atoms in total. The third-order valence-electron chi connectivity index (χ3n) is 3.13. The lowest BCUT2D eigenvalue weighted by Crippen LogP contribution is -2.08. The molecule has 0 amide bonds. The highest BCUT2D eigenvalue weighted by Gasteiger charge is 2.17. The molecular weight excluding hydrogens is 283 g/mol. The summed E-state index contributed by atoms with van der Waals surface area (Å²) in [6.07, 6.45) is 0.546. The van der Waals surface area contributed by atoms with E-state index in [-0.39, 0.29) is 0 Å². The van der Waals surface area contributed by atoms with Gasteiger partial charge in [0.2, 0.25) is 0 Å². The topological polar surface area (TPSA) is 38.0 Å². The maximum Gasteiger partial charge on any atom is 0.0997 e. The molecule has 102 valence electrons. The molecule has 0 fully saturated rings. The van der Waals surface area contributed by atoms with Crippen molar-refractivity contribution in [3.05, 3.63) is 51.3 Å². The van der Waals surface area contributed by atoms with Gasteiger partial charge < -0.3 is 5.11 Å². The van der Waals surface area contributed by atoms with Crippen LogP contribution in [0.15, 0.2) is 24.3 Å². The summed E-state index contributed by atoms with van der Waals surface area (Å²) in [6.45, 7) is 2.03. The summed E-state index contributed by atoms with van der Waals surface area (Å²) >= 11 is 12.2. The molecule has 0 aliphatic rings. The van der Waals surface area contributed by atoms with Crippen LogP contribution in [-0.2, 0) is 19.9 Å². The first-order valence-corrected chi connectivity index (χ1v) is 6.92. The van der Waals surface area contributed by atoms with Crippen LogP contribution in [-0.4, -0.2) is 14.9 Å². The normalized spacial score (nSPS) is 12.7. The van der Waals surface area contributed by atoms with Crippen molar-refractivity contribution in [2.75, 3.05) is 0 Å². The van der Waals surface area contributed by atoms with Crippen LogP contribution in [0.25, 0.3) is 0 Å². The van der Waals surface area contributed by atoms with Gasteiger partial charge in [0.05, 0.1) is 17.5 Å².